The van der Waals surface area contributed by atoms with Gasteiger partial charge in [-0.1, -0.05) is 32.8 Å². The highest BCUT2D eigenvalue weighted by Gasteiger charge is 2.82. The van der Waals surface area contributed by atoms with E-state index >= 15 is 0 Å². The molecule has 2 N–H and O–H groups in total. The highest BCUT2D eigenvalue weighted by atomic mass is 16.6. The molecule has 0 aromatic heterocycles. The standard InChI is InChI=1S/C32H48O7/c1-6-7-12-37-25-15-26(34)31(5)23-10-11-30(4)21(18(3)24-13-17(2)20(16-33)29(36)38-24)8-9-22(30)19(23)14-27-32(31,39-27)28(25)35/h18-19,21-25,27-28,33,35H,6-16H2,1-5H3/t18-,19-,21+,22-,23-,24+,25-,27+,28-,30+,31-,32-/m0/s1. The van der Waals surface area contributed by atoms with Gasteiger partial charge in [0.2, 0.25) is 0 Å². The predicted octanol–water partition coefficient (Wildman–Crippen LogP) is 4.37. The van der Waals surface area contributed by atoms with E-state index < -0.39 is 23.2 Å². The van der Waals surface area contributed by atoms with Crippen LogP contribution in [-0.2, 0) is 23.8 Å². The first-order valence-corrected chi connectivity index (χ1v) is 15.6. The maximum absolute atomic E-state index is 13.9. The number of fused-ring (bicyclic) bond motifs is 4. The summed E-state index contributed by atoms with van der Waals surface area (Å²) in [4.78, 5) is 26.5. The minimum atomic E-state index is -0.788. The van der Waals surface area contributed by atoms with Crippen LogP contribution in [0.15, 0.2) is 11.1 Å². The van der Waals surface area contributed by atoms with Crippen LogP contribution in [0.5, 0.6) is 0 Å². The fraction of sp³-hybridized carbons (Fsp3) is 0.875. The number of esters is 1. The summed E-state index contributed by atoms with van der Waals surface area (Å²) in [5.41, 5.74) is 0.0223. The van der Waals surface area contributed by atoms with Crippen molar-refractivity contribution in [1.29, 1.82) is 0 Å². The second-order valence-corrected chi connectivity index (χ2v) is 14.2. The predicted molar refractivity (Wildman–Crippen MR) is 145 cm³/mol. The number of cyclic esters (lactones) is 1. The van der Waals surface area contributed by atoms with E-state index in [4.69, 9.17) is 14.2 Å². The van der Waals surface area contributed by atoms with Crippen molar-refractivity contribution in [1.82, 2.24) is 0 Å². The lowest BCUT2D eigenvalue weighted by atomic mass is 9.43. The summed E-state index contributed by atoms with van der Waals surface area (Å²) in [5.74, 6) is 1.63. The molecule has 4 aliphatic carbocycles. The van der Waals surface area contributed by atoms with Crippen LogP contribution in [0.3, 0.4) is 0 Å². The van der Waals surface area contributed by atoms with E-state index in [-0.39, 0.29) is 54.2 Å². The molecule has 0 radical (unpaired) electrons. The van der Waals surface area contributed by atoms with E-state index in [0.717, 1.165) is 50.5 Å². The Hall–Kier alpha value is -1.28. The zero-order valence-corrected chi connectivity index (χ0v) is 24.4. The van der Waals surface area contributed by atoms with Gasteiger partial charge >= 0.3 is 5.97 Å². The number of Topliss-reactive ketones (excluding diaryl/α,β-unsaturated/α-hetero) is 1. The number of carbonyl (C=O) groups is 2. The van der Waals surface area contributed by atoms with Crippen molar-refractivity contribution in [2.45, 2.75) is 122 Å². The van der Waals surface area contributed by atoms with Crippen LogP contribution in [0, 0.1) is 40.4 Å². The van der Waals surface area contributed by atoms with Crippen molar-refractivity contribution in [3.05, 3.63) is 11.1 Å². The molecule has 7 nitrogen and oxygen atoms in total. The van der Waals surface area contributed by atoms with E-state index in [9.17, 15) is 19.8 Å². The lowest BCUT2D eigenvalue weighted by molar-refractivity contribution is -0.187. The molecule has 0 aromatic rings. The molecule has 6 rings (SSSR count). The zero-order valence-electron chi connectivity index (χ0n) is 24.4. The largest absolute Gasteiger partial charge is 0.458 e. The van der Waals surface area contributed by atoms with Gasteiger partial charge in [0.25, 0.3) is 0 Å². The van der Waals surface area contributed by atoms with Gasteiger partial charge in [-0.3, -0.25) is 4.79 Å². The Morgan fingerprint density at radius 2 is 1.90 bits per heavy atom. The average molecular weight is 545 g/mol. The summed E-state index contributed by atoms with van der Waals surface area (Å²) in [6.45, 7) is 11.2. The van der Waals surface area contributed by atoms with Crippen LogP contribution in [0.25, 0.3) is 0 Å². The minimum absolute atomic E-state index is 0.0805. The summed E-state index contributed by atoms with van der Waals surface area (Å²) in [6.07, 6.45) is 6.60. The van der Waals surface area contributed by atoms with E-state index in [2.05, 4.69) is 27.7 Å². The highest BCUT2D eigenvalue weighted by molar-refractivity contribution is 5.90. The van der Waals surface area contributed by atoms with Gasteiger partial charge in [0.05, 0.1) is 29.8 Å². The smallest absolute Gasteiger partial charge is 0.336 e. The van der Waals surface area contributed by atoms with Gasteiger partial charge in [0.15, 0.2) is 0 Å². The van der Waals surface area contributed by atoms with Crippen molar-refractivity contribution < 1.29 is 34.0 Å². The number of aliphatic hydroxyl groups is 2. The van der Waals surface area contributed by atoms with Gasteiger partial charge < -0.3 is 24.4 Å². The van der Waals surface area contributed by atoms with Crippen LogP contribution in [0.4, 0.5) is 0 Å². The quantitative estimate of drug-likeness (QED) is 0.279. The van der Waals surface area contributed by atoms with E-state index in [1.807, 2.05) is 6.92 Å². The van der Waals surface area contributed by atoms with E-state index in [1.165, 1.54) is 0 Å². The zero-order chi connectivity index (χ0) is 27.9. The summed E-state index contributed by atoms with van der Waals surface area (Å²) in [7, 11) is 0. The lowest BCUT2D eigenvalue weighted by Gasteiger charge is -2.59. The summed E-state index contributed by atoms with van der Waals surface area (Å²) in [5, 5.41) is 21.1. The molecule has 39 heavy (non-hydrogen) atoms. The molecular weight excluding hydrogens is 496 g/mol. The first-order chi connectivity index (χ1) is 18.5. The Balaban J connectivity index is 1.22. The molecule has 0 unspecified atom stereocenters. The van der Waals surface area contributed by atoms with E-state index in [0.29, 0.717) is 36.4 Å². The first-order valence-electron chi connectivity index (χ1n) is 15.6. The van der Waals surface area contributed by atoms with Gasteiger partial charge in [-0.2, -0.15) is 0 Å². The number of ketones is 1. The molecule has 0 amide bonds. The van der Waals surface area contributed by atoms with Crippen molar-refractivity contribution in [2.24, 2.45) is 40.4 Å². The molecule has 1 spiro atoms. The number of aliphatic hydroxyl groups excluding tert-OH is 2. The van der Waals surface area contributed by atoms with Crippen molar-refractivity contribution in [3.8, 4) is 0 Å². The summed E-state index contributed by atoms with van der Waals surface area (Å²) < 4.78 is 18.4. The number of hydrogen-bond acceptors (Lipinski definition) is 7. The first kappa shape index (κ1) is 27.9. The Labute approximate surface area is 233 Å². The van der Waals surface area contributed by atoms with Crippen LogP contribution in [-0.4, -0.2) is 65.2 Å². The molecule has 1 saturated heterocycles. The molecule has 7 heteroatoms. The van der Waals surface area contributed by atoms with Crippen molar-refractivity contribution >= 4 is 11.8 Å². The fourth-order valence-corrected chi connectivity index (χ4v) is 10.6. The molecular formula is C32H48O7. The van der Waals surface area contributed by atoms with E-state index in [1.54, 1.807) is 0 Å². The molecule has 5 fully saturated rings. The summed E-state index contributed by atoms with van der Waals surface area (Å²) >= 11 is 0. The molecule has 4 saturated carbocycles. The molecule has 2 aliphatic heterocycles. The van der Waals surface area contributed by atoms with Crippen LogP contribution >= 0.6 is 0 Å². The van der Waals surface area contributed by atoms with Crippen LogP contribution < -0.4 is 0 Å². The molecule has 0 bridgehead atoms. The number of unbranched alkanes of at least 4 members (excludes halogenated alkanes) is 1. The number of hydrogen-bond donors (Lipinski definition) is 2. The van der Waals surface area contributed by atoms with Gasteiger partial charge in [-0.15, -0.1) is 0 Å². The SMILES string of the molecule is CCCCO[C@H]1CC(=O)[C@]2(C)[C@H]3CC[C@]4(C)[C@@H]([C@H](C)[C@H]5CC(C)=C(CO)C(=O)O5)CC[C@H]4[C@@H]3C[C@H]3O[C@]32[C@H]1O. The normalized spacial score (nSPS) is 49.5. The van der Waals surface area contributed by atoms with Crippen molar-refractivity contribution in [2.75, 3.05) is 13.2 Å². The number of epoxide rings is 1. The third-order valence-corrected chi connectivity index (χ3v) is 12.8. The van der Waals surface area contributed by atoms with Crippen molar-refractivity contribution in [3.63, 3.8) is 0 Å². The van der Waals surface area contributed by atoms with Gasteiger partial charge in [-0.05, 0) is 87.4 Å². The van der Waals surface area contributed by atoms with Gasteiger partial charge in [0, 0.05) is 19.4 Å². The fourth-order valence-electron chi connectivity index (χ4n) is 10.6. The Morgan fingerprint density at radius 1 is 1.13 bits per heavy atom. The molecule has 12 atom stereocenters. The second kappa shape index (κ2) is 9.64. The Bertz CT molecular complexity index is 1050. The Morgan fingerprint density at radius 3 is 2.59 bits per heavy atom. The maximum atomic E-state index is 13.9. The number of rotatable bonds is 7. The topological polar surface area (TPSA) is 106 Å². The lowest BCUT2D eigenvalue weighted by Crippen LogP contribution is -2.68. The van der Waals surface area contributed by atoms with Crippen LogP contribution in [0.2, 0.25) is 0 Å². The summed E-state index contributed by atoms with van der Waals surface area (Å²) in [6, 6.07) is 0. The second-order valence-electron chi connectivity index (χ2n) is 14.2. The third-order valence-electron chi connectivity index (χ3n) is 12.8. The minimum Gasteiger partial charge on any atom is -0.458 e. The maximum Gasteiger partial charge on any atom is 0.336 e. The Kier molecular flexibility index (Phi) is 6.89. The molecule has 2 heterocycles. The highest BCUT2D eigenvalue weighted by Crippen LogP contribution is 2.73. The van der Waals surface area contributed by atoms with Gasteiger partial charge in [0.1, 0.15) is 23.6 Å². The third kappa shape index (κ3) is 3.74. The van der Waals surface area contributed by atoms with Crippen LogP contribution in [0.1, 0.15) is 92.4 Å². The molecule has 218 valence electrons. The number of carbonyl (C=O) groups excluding carboxylic acids is 2. The average Bonchev–Trinajstić information content (AvgIpc) is 3.53. The monoisotopic (exact) mass is 544 g/mol. The molecule has 6 aliphatic rings. The van der Waals surface area contributed by atoms with Gasteiger partial charge in [-0.25, -0.2) is 4.79 Å². The number of ether oxygens (including phenoxy) is 3. The molecule has 0 aromatic carbocycles.